The van der Waals surface area contributed by atoms with Crippen molar-refractivity contribution < 1.29 is 89.5 Å². The van der Waals surface area contributed by atoms with E-state index in [9.17, 15) is 0 Å². The van der Waals surface area contributed by atoms with Gasteiger partial charge in [-0.05, 0) is 0 Å². The monoisotopic (exact) mass is 456 g/mol. The van der Waals surface area contributed by atoms with Crippen molar-refractivity contribution in [3.05, 3.63) is 0 Å². The van der Waals surface area contributed by atoms with Crippen LogP contribution in [0.25, 0.3) is 0 Å². The van der Waals surface area contributed by atoms with Crippen LogP contribution in [0.1, 0.15) is 0 Å². The van der Waals surface area contributed by atoms with Gasteiger partial charge in [0.15, 0.2) is 0 Å². The van der Waals surface area contributed by atoms with Gasteiger partial charge in [-0.2, -0.15) is 0 Å². The molecule has 0 atom stereocenters. The summed E-state index contributed by atoms with van der Waals surface area (Å²) in [6, 6.07) is 0. The molecule has 0 amide bonds. The Morgan fingerprint density at radius 2 is 0.778 bits per heavy atom. The van der Waals surface area contributed by atoms with Crippen molar-refractivity contribution >= 4 is 0 Å². The average Bonchev–Trinajstić information content (AvgIpc) is 1.25. The standard InChI is InChI=1S/Hf.6O.2Zr/q+4;;;4*-1;;. The SMILES string of the molecule is [Hf+4].[O]=[Zr]([O-])[O-].[O]=[Zr]([O-])[O-]. The second-order valence-corrected chi connectivity index (χ2v) is 2.96. The molecule has 0 fully saturated rings. The van der Waals surface area contributed by atoms with Gasteiger partial charge in [0.1, 0.15) is 0 Å². The van der Waals surface area contributed by atoms with E-state index in [1.807, 2.05) is 0 Å². The molecule has 0 aromatic heterocycles. The molecular formula is HfO6Zr2. The van der Waals surface area contributed by atoms with Gasteiger partial charge in [-0.25, -0.2) is 0 Å². The Morgan fingerprint density at radius 3 is 0.778 bits per heavy atom. The molecule has 0 unspecified atom stereocenters. The van der Waals surface area contributed by atoms with E-state index in [-0.39, 0.29) is 25.8 Å². The molecule has 0 radical (unpaired) electrons. The first-order valence-electron chi connectivity index (χ1n) is 1.22. The minimum atomic E-state index is -4.29. The Bertz CT molecular complexity index is 69.1. The zero-order valence-electron chi connectivity index (χ0n) is 3.95. The van der Waals surface area contributed by atoms with Crippen molar-refractivity contribution in [3.63, 3.8) is 0 Å². The molecule has 0 bridgehead atoms. The Labute approximate surface area is 88.0 Å². The second kappa shape index (κ2) is 12.7. The number of hydrogen-bond donors (Lipinski definition) is 0. The number of hydrogen-bond acceptors (Lipinski definition) is 6. The maximum absolute atomic E-state index is 8.61. The van der Waals surface area contributed by atoms with Crippen LogP contribution in [0.4, 0.5) is 0 Å². The fraction of sp³-hybridized carbons (Fsp3) is 0. The molecule has 0 aliphatic heterocycles. The first-order valence-corrected chi connectivity index (χ1v) is 7.25. The van der Waals surface area contributed by atoms with Crippen LogP contribution in [0.3, 0.4) is 0 Å². The summed E-state index contributed by atoms with van der Waals surface area (Å²) in [6.07, 6.45) is 0. The van der Waals surface area contributed by atoms with E-state index in [0.29, 0.717) is 0 Å². The molecule has 9 heteroatoms. The van der Waals surface area contributed by atoms with Crippen molar-refractivity contribution in [2.45, 2.75) is 0 Å². The van der Waals surface area contributed by atoms with Gasteiger partial charge in [-0.1, -0.05) is 0 Å². The summed E-state index contributed by atoms with van der Waals surface area (Å²) in [7, 11) is 0. The van der Waals surface area contributed by atoms with E-state index in [0.717, 1.165) is 0 Å². The molecule has 0 aliphatic rings. The van der Waals surface area contributed by atoms with Crippen molar-refractivity contribution in [2.24, 2.45) is 0 Å². The zero-order valence-corrected chi connectivity index (χ0v) is 12.5. The first-order chi connectivity index (χ1) is 3.46. The molecule has 0 aromatic rings. The number of rotatable bonds is 0. The predicted molar refractivity (Wildman–Crippen MR) is 1.37 cm³/mol. The molecule has 0 aliphatic carbocycles. The Balaban J connectivity index is -0.0000000720. The van der Waals surface area contributed by atoms with E-state index in [1.165, 1.54) is 0 Å². The molecule has 0 spiro atoms. The van der Waals surface area contributed by atoms with E-state index < -0.39 is 45.3 Å². The predicted octanol–water partition coefficient (Wildman–Crippen LogP) is -5.00. The van der Waals surface area contributed by atoms with Crippen LogP contribution < -0.4 is 12.7 Å². The molecule has 48 valence electrons. The Kier molecular flexibility index (Phi) is 24.4. The van der Waals surface area contributed by atoms with Crippen molar-refractivity contribution in [1.29, 1.82) is 0 Å². The zero-order chi connectivity index (χ0) is 7.15. The average molecular weight is 457 g/mol. The van der Waals surface area contributed by atoms with E-state index >= 15 is 0 Å². The van der Waals surface area contributed by atoms with Crippen LogP contribution in [0.5, 0.6) is 0 Å². The molecule has 6 nitrogen and oxygen atoms in total. The molecular weight excluding hydrogens is 457 g/mol. The van der Waals surface area contributed by atoms with Crippen molar-refractivity contribution in [2.75, 3.05) is 0 Å². The minimum absolute atomic E-state index is 0. The van der Waals surface area contributed by atoms with Gasteiger partial charge in [0.2, 0.25) is 0 Å². The van der Waals surface area contributed by atoms with E-state index in [2.05, 4.69) is 0 Å². The second-order valence-electron chi connectivity index (χ2n) is 0.500. The third kappa shape index (κ3) is 152. The van der Waals surface area contributed by atoms with Gasteiger partial charge in [0.25, 0.3) is 0 Å². The third-order valence-corrected chi connectivity index (χ3v) is 0. The molecule has 0 N–H and O–H groups in total. The van der Waals surface area contributed by atoms with Crippen molar-refractivity contribution in [1.82, 2.24) is 0 Å². The molecule has 0 heterocycles. The summed E-state index contributed by atoms with van der Waals surface area (Å²) < 4.78 is 51.7. The molecule has 0 rings (SSSR count). The summed E-state index contributed by atoms with van der Waals surface area (Å²) >= 11 is -8.59. The van der Waals surface area contributed by atoms with Gasteiger partial charge < -0.3 is 0 Å². The third-order valence-electron chi connectivity index (χ3n) is 0. The van der Waals surface area contributed by atoms with Crippen LogP contribution in [0, 0.1) is 0 Å². The fourth-order valence-electron chi connectivity index (χ4n) is 0. The molecule has 0 saturated carbocycles. The van der Waals surface area contributed by atoms with Crippen LogP contribution in [0.15, 0.2) is 0 Å². The van der Waals surface area contributed by atoms with Crippen LogP contribution in [0.2, 0.25) is 0 Å². The summed E-state index contributed by atoms with van der Waals surface area (Å²) in [5.74, 6) is 0. The van der Waals surface area contributed by atoms with Gasteiger partial charge in [0, 0.05) is 0 Å². The van der Waals surface area contributed by atoms with E-state index in [4.69, 9.17) is 18.4 Å². The van der Waals surface area contributed by atoms with E-state index in [1.54, 1.807) is 0 Å². The van der Waals surface area contributed by atoms with Gasteiger partial charge >= 0.3 is 89.5 Å². The normalized spacial score (nSPS) is 5.78. The van der Waals surface area contributed by atoms with Crippen LogP contribution in [-0.2, 0) is 76.7 Å². The quantitative estimate of drug-likeness (QED) is 0.336. The van der Waals surface area contributed by atoms with Gasteiger partial charge in [0.05, 0.1) is 0 Å². The Hall–Kier alpha value is 2.08. The van der Waals surface area contributed by atoms with Crippen molar-refractivity contribution in [3.8, 4) is 0 Å². The van der Waals surface area contributed by atoms with Gasteiger partial charge in [-0.3, -0.25) is 0 Å². The van der Waals surface area contributed by atoms with Crippen LogP contribution in [-0.4, -0.2) is 0 Å². The fourth-order valence-corrected chi connectivity index (χ4v) is 0. The summed E-state index contributed by atoms with van der Waals surface area (Å²) in [4.78, 5) is 0. The maximum atomic E-state index is 8.61. The van der Waals surface area contributed by atoms with Crippen LogP contribution >= 0.6 is 0 Å². The topological polar surface area (TPSA) is 126 Å². The summed E-state index contributed by atoms with van der Waals surface area (Å²) in [6.45, 7) is 0. The van der Waals surface area contributed by atoms with Gasteiger partial charge in [-0.15, -0.1) is 0 Å². The molecule has 9 heavy (non-hydrogen) atoms. The summed E-state index contributed by atoms with van der Waals surface area (Å²) in [5.41, 5.74) is 0. The summed E-state index contributed by atoms with van der Waals surface area (Å²) in [5, 5.41) is 0. The molecule has 0 aromatic carbocycles. The molecule has 0 saturated heterocycles. The Morgan fingerprint density at radius 1 is 0.778 bits per heavy atom. The first kappa shape index (κ1) is 17.2.